The molecule has 0 aliphatic heterocycles. The molecule has 1 amide bonds. The first-order valence-corrected chi connectivity index (χ1v) is 4.41. The van der Waals surface area contributed by atoms with E-state index in [9.17, 15) is 4.79 Å². The molecule has 0 radical (unpaired) electrons. The third kappa shape index (κ3) is 3.06. The molecular weight excluding hydrogens is 180 g/mol. The van der Waals surface area contributed by atoms with E-state index < -0.39 is 6.04 Å². The molecule has 0 aliphatic carbocycles. The van der Waals surface area contributed by atoms with Crippen LogP contribution in [-0.2, 0) is 11.3 Å². The minimum atomic E-state index is -0.493. The zero-order valence-electron chi connectivity index (χ0n) is 8.03. The van der Waals surface area contributed by atoms with Crippen molar-refractivity contribution < 1.29 is 9.90 Å². The predicted molar refractivity (Wildman–Crippen MR) is 53.6 cm³/mol. The van der Waals surface area contributed by atoms with Gasteiger partial charge in [0.25, 0.3) is 0 Å². The quantitative estimate of drug-likeness (QED) is 0.650. The van der Waals surface area contributed by atoms with Crippen LogP contribution in [-0.4, -0.2) is 17.1 Å². The van der Waals surface area contributed by atoms with Crippen molar-refractivity contribution >= 4 is 5.91 Å². The molecule has 0 aliphatic rings. The van der Waals surface area contributed by atoms with Crippen LogP contribution in [0.2, 0.25) is 0 Å². The monoisotopic (exact) mass is 194 g/mol. The highest BCUT2D eigenvalue weighted by atomic mass is 16.3. The molecule has 4 N–H and O–H groups in total. The second-order valence-corrected chi connectivity index (χ2v) is 3.17. The second-order valence-electron chi connectivity index (χ2n) is 3.17. The number of phenols is 1. The number of carbonyl (C=O) groups is 1. The highest BCUT2D eigenvalue weighted by Gasteiger charge is 2.05. The average Bonchev–Trinajstić information content (AvgIpc) is 2.16. The summed E-state index contributed by atoms with van der Waals surface area (Å²) in [6.45, 7) is 2.06. The maximum absolute atomic E-state index is 11.1. The van der Waals surface area contributed by atoms with E-state index in [1.807, 2.05) is 0 Å². The van der Waals surface area contributed by atoms with Gasteiger partial charge in [-0.1, -0.05) is 12.1 Å². The van der Waals surface area contributed by atoms with E-state index >= 15 is 0 Å². The van der Waals surface area contributed by atoms with E-state index in [-0.39, 0.29) is 11.7 Å². The molecule has 1 aromatic rings. The first kappa shape index (κ1) is 10.5. The van der Waals surface area contributed by atoms with Crippen LogP contribution in [0.25, 0.3) is 0 Å². The molecule has 0 spiro atoms. The summed E-state index contributed by atoms with van der Waals surface area (Å²) < 4.78 is 0. The van der Waals surface area contributed by atoms with Gasteiger partial charge < -0.3 is 16.2 Å². The normalized spacial score (nSPS) is 12.1. The lowest BCUT2D eigenvalue weighted by molar-refractivity contribution is -0.122. The van der Waals surface area contributed by atoms with Gasteiger partial charge in [0.1, 0.15) is 5.75 Å². The molecule has 4 heteroatoms. The Bertz CT molecular complexity index is 306. The van der Waals surface area contributed by atoms with Crippen molar-refractivity contribution in [3.05, 3.63) is 29.8 Å². The zero-order valence-corrected chi connectivity index (χ0v) is 8.03. The fraction of sp³-hybridized carbons (Fsp3) is 0.300. The highest BCUT2D eigenvalue weighted by Crippen LogP contribution is 2.08. The maximum atomic E-state index is 11.1. The van der Waals surface area contributed by atoms with Crippen LogP contribution in [0, 0.1) is 0 Å². The Hall–Kier alpha value is -1.55. The summed E-state index contributed by atoms with van der Waals surface area (Å²) in [6, 6.07) is 6.15. The number of nitrogens with one attached hydrogen (secondary N) is 1. The minimum absolute atomic E-state index is 0.182. The maximum Gasteiger partial charge on any atom is 0.236 e. The third-order valence-electron chi connectivity index (χ3n) is 1.82. The zero-order chi connectivity index (χ0) is 10.6. The van der Waals surface area contributed by atoms with Crippen LogP contribution >= 0.6 is 0 Å². The van der Waals surface area contributed by atoms with E-state index in [1.165, 1.54) is 0 Å². The smallest absolute Gasteiger partial charge is 0.236 e. The fourth-order valence-corrected chi connectivity index (χ4v) is 0.964. The second kappa shape index (κ2) is 4.62. The molecule has 0 saturated carbocycles. The lowest BCUT2D eigenvalue weighted by atomic mass is 10.2. The summed E-state index contributed by atoms with van der Waals surface area (Å²) in [6.07, 6.45) is 0. The van der Waals surface area contributed by atoms with Gasteiger partial charge in [0.2, 0.25) is 5.91 Å². The number of aromatic hydroxyl groups is 1. The van der Waals surface area contributed by atoms with Crippen molar-refractivity contribution in [3.63, 3.8) is 0 Å². The first-order chi connectivity index (χ1) is 6.59. The SMILES string of the molecule is C[C@@H](N)C(=O)NCc1ccc(O)cc1. The summed E-state index contributed by atoms with van der Waals surface area (Å²) in [4.78, 5) is 11.1. The molecular formula is C10H14N2O2. The van der Waals surface area contributed by atoms with Gasteiger partial charge >= 0.3 is 0 Å². The number of carbonyl (C=O) groups excluding carboxylic acids is 1. The van der Waals surface area contributed by atoms with Crippen LogP contribution in [0.1, 0.15) is 12.5 Å². The predicted octanol–water partition coefficient (Wildman–Crippen LogP) is 0.356. The molecule has 0 aromatic heterocycles. The van der Waals surface area contributed by atoms with Crippen LogP contribution in [0.5, 0.6) is 5.75 Å². The van der Waals surface area contributed by atoms with Crippen LogP contribution in [0.15, 0.2) is 24.3 Å². The lowest BCUT2D eigenvalue weighted by Crippen LogP contribution is -2.37. The van der Waals surface area contributed by atoms with E-state index in [1.54, 1.807) is 31.2 Å². The Morgan fingerprint density at radius 3 is 2.57 bits per heavy atom. The van der Waals surface area contributed by atoms with Crippen molar-refractivity contribution in [3.8, 4) is 5.75 Å². The molecule has 0 unspecified atom stereocenters. The molecule has 0 fully saturated rings. The summed E-state index contributed by atoms with van der Waals surface area (Å²) in [5.41, 5.74) is 6.30. The first-order valence-electron chi connectivity index (χ1n) is 4.41. The summed E-state index contributed by atoms with van der Waals surface area (Å²) in [5.74, 6) is 0.0327. The molecule has 76 valence electrons. The van der Waals surface area contributed by atoms with Crippen molar-refractivity contribution in [2.75, 3.05) is 0 Å². The Morgan fingerprint density at radius 2 is 2.07 bits per heavy atom. The third-order valence-corrected chi connectivity index (χ3v) is 1.82. The molecule has 1 atom stereocenters. The summed E-state index contributed by atoms with van der Waals surface area (Å²) in [5, 5.41) is 11.7. The van der Waals surface area contributed by atoms with E-state index in [4.69, 9.17) is 10.8 Å². The van der Waals surface area contributed by atoms with Gasteiger partial charge in [-0.05, 0) is 24.6 Å². The topological polar surface area (TPSA) is 75.4 Å². The summed E-state index contributed by atoms with van der Waals surface area (Å²) >= 11 is 0. The standard InChI is InChI=1S/C10H14N2O2/c1-7(11)10(14)12-6-8-2-4-9(13)5-3-8/h2-5,7,13H,6,11H2,1H3,(H,12,14)/t7-/m1/s1. The number of amides is 1. The summed E-state index contributed by atoms with van der Waals surface area (Å²) in [7, 11) is 0. The van der Waals surface area contributed by atoms with E-state index in [0.29, 0.717) is 6.54 Å². The lowest BCUT2D eigenvalue weighted by Gasteiger charge is -2.07. The fourth-order valence-electron chi connectivity index (χ4n) is 0.964. The largest absolute Gasteiger partial charge is 0.508 e. The number of hydrogen-bond donors (Lipinski definition) is 3. The molecule has 1 rings (SSSR count). The van der Waals surface area contributed by atoms with E-state index in [2.05, 4.69) is 5.32 Å². The van der Waals surface area contributed by atoms with Gasteiger partial charge in [-0.3, -0.25) is 4.79 Å². The van der Waals surface area contributed by atoms with Crippen molar-refractivity contribution in [2.24, 2.45) is 5.73 Å². The molecule has 1 aromatic carbocycles. The molecule has 0 heterocycles. The molecule has 0 saturated heterocycles. The Balaban J connectivity index is 2.46. The van der Waals surface area contributed by atoms with Gasteiger partial charge in [-0.2, -0.15) is 0 Å². The number of benzene rings is 1. The van der Waals surface area contributed by atoms with Crippen LogP contribution in [0.3, 0.4) is 0 Å². The highest BCUT2D eigenvalue weighted by molar-refractivity contribution is 5.80. The number of hydrogen-bond acceptors (Lipinski definition) is 3. The van der Waals surface area contributed by atoms with Gasteiger partial charge in [0.05, 0.1) is 6.04 Å². The van der Waals surface area contributed by atoms with Crippen LogP contribution < -0.4 is 11.1 Å². The van der Waals surface area contributed by atoms with Crippen molar-refractivity contribution in [1.29, 1.82) is 0 Å². The van der Waals surface area contributed by atoms with Gasteiger partial charge in [-0.25, -0.2) is 0 Å². The van der Waals surface area contributed by atoms with Gasteiger partial charge in [0, 0.05) is 6.54 Å². The number of phenolic OH excluding ortho intramolecular Hbond substituents is 1. The van der Waals surface area contributed by atoms with Crippen molar-refractivity contribution in [1.82, 2.24) is 5.32 Å². The van der Waals surface area contributed by atoms with Gasteiger partial charge in [0.15, 0.2) is 0 Å². The van der Waals surface area contributed by atoms with Crippen molar-refractivity contribution in [2.45, 2.75) is 19.5 Å². The Kier molecular flexibility index (Phi) is 3.48. The Labute approximate surface area is 82.7 Å². The van der Waals surface area contributed by atoms with E-state index in [0.717, 1.165) is 5.56 Å². The number of nitrogens with two attached hydrogens (primary N) is 1. The molecule has 14 heavy (non-hydrogen) atoms. The van der Waals surface area contributed by atoms with Crippen LogP contribution in [0.4, 0.5) is 0 Å². The molecule has 0 bridgehead atoms. The minimum Gasteiger partial charge on any atom is -0.508 e. The number of rotatable bonds is 3. The molecule has 4 nitrogen and oxygen atoms in total. The Morgan fingerprint density at radius 1 is 1.50 bits per heavy atom. The average molecular weight is 194 g/mol. The van der Waals surface area contributed by atoms with Gasteiger partial charge in [-0.15, -0.1) is 0 Å².